The molecular formula is C30H40ClN7O2Si. The van der Waals surface area contributed by atoms with Gasteiger partial charge in [-0.3, -0.25) is 4.79 Å². The van der Waals surface area contributed by atoms with Crippen molar-refractivity contribution in [2.24, 2.45) is 0 Å². The fourth-order valence-corrected chi connectivity index (χ4v) is 5.81. The van der Waals surface area contributed by atoms with E-state index < -0.39 is 8.32 Å². The molecule has 4 rings (SSSR count). The summed E-state index contributed by atoms with van der Waals surface area (Å²) in [6.45, 7) is 15.8. The molecule has 0 saturated heterocycles. The van der Waals surface area contributed by atoms with Crippen LogP contribution in [0.1, 0.15) is 38.8 Å². The van der Waals surface area contributed by atoms with Gasteiger partial charge in [-0.1, -0.05) is 39.3 Å². The molecule has 0 unspecified atom stereocenters. The molecule has 11 heteroatoms. The summed E-state index contributed by atoms with van der Waals surface area (Å²) in [6, 6.07) is 9.65. The van der Waals surface area contributed by atoms with Crippen molar-refractivity contribution in [1.29, 1.82) is 5.26 Å². The third-order valence-electron chi connectivity index (χ3n) is 8.16. The van der Waals surface area contributed by atoms with Crippen molar-refractivity contribution in [3.05, 3.63) is 63.2 Å². The minimum absolute atomic E-state index is 0.0980. The molecule has 0 radical (unpaired) electrons. The quantitative estimate of drug-likeness (QED) is 0.298. The van der Waals surface area contributed by atoms with E-state index in [9.17, 15) is 10.1 Å². The van der Waals surface area contributed by atoms with Gasteiger partial charge in [-0.25, -0.2) is 9.97 Å². The maximum absolute atomic E-state index is 13.1. The van der Waals surface area contributed by atoms with Gasteiger partial charge in [-0.2, -0.15) is 5.26 Å². The predicted octanol–water partition coefficient (Wildman–Crippen LogP) is 5.84. The lowest BCUT2D eigenvalue weighted by atomic mass is 9.83. The molecule has 0 aliphatic carbocycles. The Morgan fingerprint density at radius 2 is 2.02 bits per heavy atom. The molecule has 0 amide bonds. The molecule has 0 spiro atoms. The first kappa shape index (κ1) is 30.7. The van der Waals surface area contributed by atoms with Crippen molar-refractivity contribution < 1.29 is 4.43 Å². The zero-order valence-corrected chi connectivity index (χ0v) is 27.0. The Kier molecular flexibility index (Phi) is 8.67. The van der Waals surface area contributed by atoms with Gasteiger partial charge in [0.15, 0.2) is 8.32 Å². The van der Waals surface area contributed by atoms with Crippen LogP contribution in [0.5, 0.6) is 0 Å². The smallest absolute Gasteiger partial charge is 0.274 e. The lowest BCUT2D eigenvalue weighted by Crippen LogP contribution is -2.45. The largest absolute Gasteiger partial charge is 0.416 e. The topological polar surface area (TPSA) is 108 Å². The van der Waals surface area contributed by atoms with E-state index in [-0.39, 0.29) is 22.0 Å². The summed E-state index contributed by atoms with van der Waals surface area (Å²) in [5, 5.41) is 17.1. The Labute approximate surface area is 248 Å². The first-order valence-corrected chi connectivity index (χ1v) is 17.0. The highest BCUT2D eigenvalue weighted by Crippen LogP contribution is 2.44. The number of nitriles is 1. The van der Waals surface area contributed by atoms with Crippen LogP contribution in [0, 0.1) is 11.3 Å². The number of nitrogens with one attached hydrogen (secondary N) is 2. The summed E-state index contributed by atoms with van der Waals surface area (Å²) in [5.41, 5.74) is 3.65. The van der Waals surface area contributed by atoms with Gasteiger partial charge in [0.2, 0.25) is 5.95 Å². The maximum Gasteiger partial charge on any atom is 0.274 e. The number of rotatable bonds is 9. The van der Waals surface area contributed by atoms with Crippen molar-refractivity contribution in [2.45, 2.75) is 57.8 Å². The molecule has 9 nitrogen and oxygen atoms in total. The molecule has 1 aromatic carbocycles. The van der Waals surface area contributed by atoms with Gasteiger partial charge in [-0.15, -0.1) is 0 Å². The summed E-state index contributed by atoms with van der Waals surface area (Å²) < 4.78 is 8.22. The normalized spacial score (nSPS) is 16.8. The molecular weight excluding hydrogens is 554 g/mol. The van der Waals surface area contributed by atoms with Gasteiger partial charge in [0.25, 0.3) is 5.56 Å². The van der Waals surface area contributed by atoms with E-state index in [4.69, 9.17) is 21.0 Å². The van der Waals surface area contributed by atoms with Crippen molar-refractivity contribution in [1.82, 2.24) is 19.4 Å². The summed E-state index contributed by atoms with van der Waals surface area (Å²) in [6.07, 6.45) is 3.26. The molecule has 2 N–H and O–H groups in total. The van der Waals surface area contributed by atoms with Gasteiger partial charge in [-0.05, 0) is 62.1 Å². The number of pyridine rings is 1. The van der Waals surface area contributed by atoms with Crippen LogP contribution in [0.4, 0.5) is 17.3 Å². The molecule has 0 bridgehead atoms. The summed E-state index contributed by atoms with van der Waals surface area (Å²) in [5.74, 6) is 0.266. The zero-order chi connectivity index (χ0) is 30.2. The van der Waals surface area contributed by atoms with Gasteiger partial charge >= 0.3 is 0 Å². The molecule has 1 aliphatic heterocycles. The highest BCUT2D eigenvalue weighted by Gasteiger charge is 2.42. The first-order chi connectivity index (χ1) is 19.1. The highest BCUT2D eigenvalue weighted by molar-refractivity contribution is 6.74. The van der Waals surface area contributed by atoms with Crippen LogP contribution in [0.3, 0.4) is 0 Å². The average molecular weight is 594 g/mol. The van der Waals surface area contributed by atoms with Crippen LogP contribution in [0.15, 0.2) is 41.5 Å². The molecule has 3 heterocycles. The third-order valence-corrected chi connectivity index (χ3v) is 12.8. The van der Waals surface area contributed by atoms with Crippen molar-refractivity contribution >= 4 is 37.2 Å². The van der Waals surface area contributed by atoms with Gasteiger partial charge < -0.3 is 24.5 Å². The van der Waals surface area contributed by atoms with Gasteiger partial charge in [0.1, 0.15) is 11.8 Å². The van der Waals surface area contributed by atoms with E-state index >= 15 is 0 Å². The molecule has 218 valence electrons. The molecule has 0 fully saturated rings. The van der Waals surface area contributed by atoms with E-state index in [0.717, 1.165) is 16.8 Å². The van der Waals surface area contributed by atoms with Crippen LogP contribution in [0.25, 0.3) is 11.3 Å². The van der Waals surface area contributed by atoms with E-state index in [0.29, 0.717) is 48.2 Å². The fourth-order valence-electron chi connectivity index (χ4n) is 4.47. The molecule has 0 saturated carbocycles. The van der Waals surface area contributed by atoms with Crippen LogP contribution in [0.2, 0.25) is 23.2 Å². The standard InChI is InChI=1S/C30H40ClN7O2Si/c1-29(2,3)41(7,8)40-19-30(4)18-34-26-21(16-32)13-20(14-23(26)30)24-9-10-33-28(35-24)36-25-15-22(31)17-38(27(25)39)12-11-37(5)6/h9-10,13-15,17,34H,11-12,18-19H2,1-8H3,(H,33,35,36)/t30-/m1/s1. The molecule has 1 atom stereocenters. The summed E-state index contributed by atoms with van der Waals surface area (Å²) in [7, 11) is 1.93. The van der Waals surface area contributed by atoms with E-state index in [1.807, 2.05) is 25.1 Å². The van der Waals surface area contributed by atoms with Crippen LogP contribution in [-0.4, -0.2) is 61.5 Å². The number of hydrogen-bond acceptors (Lipinski definition) is 8. The monoisotopic (exact) mass is 593 g/mol. The van der Waals surface area contributed by atoms with Crippen molar-refractivity contribution in [3.8, 4) is 17.3 Å². The van der Waals surface area contributed by atoms with Gasteiger partial charge in [0, 0.05) is 49.6 Å². The Balaban J connectivity index is 1.66. The van der Waals surface area contributed by atoms with Crippen molar-refractivity contribution in [3.63, 3.8) is 0 Å². The lowest BCUT2D eigenvalue weighted by Gasteiger charge is -2.39. The molecule has 41 heavy (non-hydrogen) atoms. The van der Waals surface area contributed by atoms with Crippen LogP contribution in [-0.2, 0) is 16.4 Å². The molecule has 1 aliphatic rings. The highest BCUT2D eigenvalue weighted by atomic mass is 35.5. The second-order valence-corrected chi connectivity index (χ2v) is 18.0. The Bertz CT molecular complexity index is 1540. The maximum atomic E-state index is 13.1. The predicted molar refractivity (Wildman–Crippen MR) is 169 cm³/mol. The fraction of sp³-hybridized carbons (Fsp3) is 0.467. The van der Waals surface area contributed by atoms with Gasteiger partial charge in [0.05, 0.1) is 22.0 Å². The molecule has 2 aromatic heterocycles. The van der Waals surface area contributed by atoms with E-state index in [1.165, 1.54) is 0 Å². The average Bonchev–Trinajstić information content (AvgIpc) is 3.24. The Hall–Kier alpha value is -3.23. The number of halogens is 1. The number of benzene rings is 1. The minimum atomic E-state index is -1.97. The number of nitrogens with zero attached hydrogens (tertiary/aromatic N) is 5. The third kappa shape index (κ3) is 6.65. The van der Waals surface area contributed by atoms with Crippen LogP contribution < -0.4 is 16.2 Å². The number of anilines is 3. The van der Waals surface area contributed by atoms with Crippen molar-refractivity contribution in [2.75, 3.05) is 44.4 Å². The number of aromatic nitrogens is 3. The lowest BCUT2D eigenvalue weighted by molar-refractivity contribution is 0.220. The summed E-state index contributed by atoms with van der Waals surface area (Å²) >= 11 is 6.33. The Morgan fingerprint density at radius 1 is 1.29 bits per heavy atom. The summed E-state index contributed by atoms with van der Waals surface area (Å²) in [4.78, 5) is 24.1. The first-order valence-electron chi connectivity index (χ1n) is 13.8. The SMILES string of the molecule is CN(C)CCn1cc(Cl)cc(Nc2nccc(-c3cc(C#N)c4c(c3)[C@@](C)(CO[Si](C)(C)C(C)(C)C)CN4)n2)c1=O. The van der Waals surface area contributed by atoms with Crippen LogP contribution >= 0.6 is 11.6 Å². The second kappa shape index (κ2) is 11.6. The minimum Gasteiger partial charge on any atom is -0.416 e. The molecule has 3 aromatic rings. The Morgan fingerprint density at radius 3 is 2.68 bits per heavy atom. The zero-order valence-electron chi connectivity index (χ0n) is 25.2. The second-order valence-electron chi connectivity index (χ2n) is 12.8. The number of hydrogen-bond donors (Lipinski definition) is 2. The number of fused-ring (bicyclic) bond motifs is 1. The van der Waals surface area contributed by atoms with E-state index in [2.05, 4.69) is 68.5 Å². The number of likely N-dealkylation sites (N-methyl/N-ethyl adjacent to an activating group) is 1. The van der Waals surface area contributed by atoms with E-state index in [1.54, 1.807) is 29.1 Å².